The van der Waals surface area contributed by atoms with Gasteiger partial charge in [0.2, 0.25) is 0 Å². The second-order valence-corrected chi connectivity index (χ2v) is 10.9. The van der Waals surface area contributed by atoms with Gasteiger partial charge in [0.15, 0.2) is 5.88 Å². The molecule has 4 aromatic rings. The summed E-state index contributed by atoms with van der Waals surface area (Å²) < 4.78 is 15.8. The number of aromatic amines is 1. The highest BCUT2D eigenvalue weighted by Gasteiger charge is 2.24. The standard InChI is InChI=1S/C35H40N4O6/c1-4-38(5-2)21-22-44-27-17-19-39(20-18-27)34(41)25-11-13-26(14-12-25)36-32(24-9-7-6-8-10-24)31-29-16-15-28(45-35(42)43-3)23-30(29)37-33(31)40/h6-16,23,27,37,40H,4-5,17-22H2,1-3H3. The van der Waals surface area contributed by atoms with Crippen LogP contribution in [0.4, 0.5) is 10.5 Å². The first-order valence-electron chi connectivity index (χ1n) is 15.4. The number of ether oxygens (including phenoxy) is 3. The monoisotopic (exact) mass is 612 g/mol. The van der Waals surface area contributed by atoms with Crippen molar-refractivity contribution in [2.24, 2.45) is 4.99 Å². The van der Waals surface area contributed by atoms with E-state index >= 15 is 0 Å². The van der Waals surface area contributed by atoms with Crippen LogP contribution in [0.2, 0.25) is 0 Å². The van der Waals surface area contributed by atoms with Crippen LogP contribution in [0.25, 0.3) is 10.9 Å². The molecule has 1 aliphatic rings. The molecule has 1 fully saturated rings. The Morgan fingerprint density at radius 3 is 2.36 bits per heavy atom. The summed E-state index contributed by atoms with van der Waals surface area (Å²) in [5.41, 5.74) is 3.64. The summed E-state index contributed by atoms with van der Waals surface area (Å²) in [5, 5.41) is 11.7. The highest BCUT2D eigenvalue weighted by molar-refractivity contribution is 6.22. The molecule has 3 aromatic carbocycles. The molecule has 0 atom stereocenters. The largest absolute Gasteiger partial charge is 0.513 e. The van der Waals surface area contributed by atoms with E-state index in [2.05, 4.69) is 28.5 Å². The van der Waals surface area contributed by atoms with Gasteiger partial charge in [-0.2, -0.15) is 0 Å². The fourth-order valence-corrected chi connectivity index (χ4v) is 5.57. The first-order chi connectivity index (χ1) is 21.9. The van der Waals surface area contributed by atoms with E-state index in [1.165, 1.54) is 7.11 Å². The summed E-state index contributed by atoms with van der Waals surface area (Å²) in [6.07, 6.45) is 1.01. The molecule has 1 saturated heterocycles. The summed E-state index contributed by atoms with van der Waals surface area (Å²) in [7, 11) is 1.23. The van der Waals surface area contributed by atoms with E-state index < -0.39 is 6.16 Å². The predicted molar refractivity (Wildman–Crippen MR) is 174 cm³/mol. The van der Waals surface area contributed by atoms with Crippen LogP contribution in [0.3, 0.4) is 0 Å². The Labute approximate surface area is 263 Å². The average Bonchev–Trinajstić information content (AvgIpc) is 3.40. The zero-order valence-corrected chi connectivity index (χ0v) is 26.0. The van der Waals surface area contributed by atoms with E-state index in [1.54, 1.807) is 30.3 Å². The number of carbonyl (C=O) groups is 2. The topological polar surface area (TPSA) is 117 Å². The predicted octanol–water partition coefficient (Wildman–Crippen LogP) is 6.15. The van der Waals surface area contributed by atoms with Gasteiger partial charge in [-0.15, -0.1) is 0 Å². The maximum atomic E-state index is 13.3. The molecule has 1 aliphatic heterocycles. The number of H-pyrrole nitrogens is 1. The zero-order valence-electron chi connectivity index (χ0n) is 26.0. The van der Waals surface area contributed by atoms with Gasteiger partial charge in [0.1, 0.15) is 5.75 Å². The Morgan fingerprint density at radius 2 is 1.69 bits per heavy atom. The van der Waals surface area contributed by atoms with E-state index in [0.717, 1.165) is 38.0 Å². The number of hydrogen-bond donors (Lipinski definition) is 2. The summed E-state index contributed by atoms with van der Waals surface area (Å²) >= 11 is 0. The average molecular weight is 613 g/mol. The molecule has 0 unspecified atom stereocenters. The molecular weight excluding hydrogens is 572 g/mol. The number of aromatic nitrogens is 1. The van der Waals surface area contributed by atoms with Crippen LogP contribution >= 0.6 is 0 Å². The van der Waals surface area contributed by atoms with Crippen LogP contribution in [0.1, 0.15) is 48.2 Å². The number of nitrogens with zero attached hydrogens (tertiary/aromatic N) is 3. The molecule has 236 valence electrons. The van der Waals surface area contributed by atoms with Crippen molar-refractivity contribution < 1.29 is 28.9 Å². The minimum Gasteiger partial charge on any atom is -0.494 e. The van der Waals surface area contributed by atoms with Crippen molar-refractivity contribution >= 4 is 34.4 Å². The number of hydrogen-bond acceptors (Lipinski definition) is 8. The first-order valence-corrected chi connectivity index (χ1v) is 15.4. The van der Waals surface area contributed by atoms with Crippen molar-refractivity contribution in [3.8, 4) is 11.6 Å². The minimum absolute atomic E-state index is 0.00495. The number of likely N-dealkylation sites (N-methyl/N-ethyl adjacent to an activating group) is 1. The summed E-state index contributed by atoms with van der Waals surface area (Å²) in [6, 6.07) is 21.7. The van der Waals surface area contributed by atoms with E-state index in [4.69, 9.17) is 14.5 Å². The van der Waals surface area contributed by atoms with E-state index in [9.17, 15) is 14.7 Å². The normalized spacial score (nSPS) is 14.2. The molecule has 5 rings (SSSR count). The van der Waals surface area contributed by atoms with E-state index in [-0.39, 0.29) is 23.6 Å². The van der Waals surface area contributed by atoms with Gasteiger partial charge in [-0.25, -0.2) is 9.79 Å². The highest BCUT2D eigenvalue weighted by Crippen LogP contribution is 2.33. The lowest BCUT2D eigenvalue weighted by molar-refractivity contribution is 0.00104. The zero-order chi connectivity index (χ0) is 31.8. The number of methoxy groups -OCH3 is 1. The number of amides is 1. The number of nitrogens with one attached hydrogen (secondary N) is 1. The van der Waals surface area contributed by atoms with Gasteiger partial charge >= 0.3 is 6.16 Å². The molecule has 10 nitrogen and oxygen atoms in total. The number of carbonyl (C=O) groups excluding carboxylic acids is 2. The lowest BCUT2D eigenvalue weighted by atomic mass is 10.0. The third-order valence-corrected chi connectivity index (χ3v) is 8.14. The maximum Gasteiger partial charge on any atom is 0.513 e. The quantitative estimate of drug-likeness (QED) is 0.119. The summed E-state index contributed by atoms with van der Waals surface area (Å²) in [6.45, 7) is 9.33. The van der Waals surface area contributed by atoms with E-state index in [1.807, 2.05) is 47.4 Å². The number of likely N-dealkylation sites (tertiary alicyclic amines) is 1. The first kappa shape index (κ1) is 31.7. The van der Waals surface area contributed by atoms with Gasteiger partial charge in [0.25, 0.3) is 5.91 Å². The van der Waals surface area contributed by atoms with Crippen molar-refractivity contribution in [1.29, 1.82) is 0 Å². The number of benzene rings is 3. The molecule has 0 radical (unpaired) electrons. The fraction of sp³-hybridized carbons (Fsp3) is 0.343. The lowest BCUT2D eigenvalue weighted by Crippen LogP contribution is -2.41. The van der Waals surface area contributed by atoms with Crippen molar-refractivity contribution in [2.45, 2.75) is 32.8 Å². The Bertz CT molecular complexity index is 1620. The van der Waals surface area contributed by atoms with Gasteiger partial charge in [-0.1, -0.05) is 44.2 Å². The van der Waals surface area contributed by atoms with Gasteiger partial charge in [0.05, 0.1) is 42.3 Å². The van der Waals surface area contributed by atoms with Gasteiger partial charge < -0.3 is 34.1 Å². The number of fused-ring (bicyclic) bond motifs is 1. The molecule has 2 N–H and O–H groups in total. The van der Waals surface area contributed by atoms with Gasteiger partial charge in [-0.3, -0.25) is 4.79 Å². The van der Waals surface area contributed by atoms with Crippen molar-refractivity contribution in [3.63, 3.8) is 0 Å². The fourth-order valence-electron chi connectivity index (χ4n) is 5.57. The molecule has 2 heterocycles. The van der Waals surface area contributed by atoms with Gasteiger partial charge in [-0.05, 0) is 62.3 Å². The molecule has 1 amide bonds. The molecular formula is C35H40N4O6. The highest BCUT2D eigenvalue weighted by atomic mass is 16.7. The van der Waals surface area contributed by atoms with Crippen LogP contribution in [-0.2, 0) is 9.47 Å². The summed E-state index contributed by atoms with van der Waals surface area (Å²) in [5.74, 6) is 0.192. The molecule has 0 aliphatic carbocycles. The Hall–Kier alpha value is -4.67. The molecule has 1 aromatic heterocycles. The van der Waals surface area contributed by atoms with Crippen molar-refractivity contribution in [2.75, 3.05) is 46.4 Å². The van der Waals surface area contributed by atoms with Crippen LogP contribution < -0.4 is 4.74 Å². The number of rotatable bonds is 11. The molecule has 0 bridgehead atoms. The third-order valence-electron chi connectivity index (χ3n) is 8.14. The van der Waals surface area contributed by atoms with E-state index in [0.29, 0.717) is 53.1 Å². The molecule has 45 heavy (non-hydrogen) atoms. The Kier molecular flexibility index (Phi) is 10.5. The van der Waals surface area contributed by atoms with Crippen LogP contribution in [-0.4, -0.2) is 90.2 Å². The van der Waals surface area contributed by atoms with Gasteiger partial charge in [0, 0.05) is 42.2 Å². The van der Waals surface area contributed by atoms with Crippen molar-refractivity contribution in [1.82, 2.24) is 14.8 Å². The molecule has 0 spiro atoms. The number of aromatic hydroxyl groups is 1. The lowest BCUT2D eigenvalue weighted by Gasteiger charge is -2.32. The number of piperidine rings is 1. The number of aliphatic imine (C=N–C) groups is 1. The second kappa shape index (κ2) is 14.9. The summed E-state index contributed by atoms with van der Waals surface area (Å²) in [4.78, 5) is 37.0. The van der Waals surface area contributed by atoms with Crippen LogP contribution in [0, 0.1) is 0 Å². The molecule has 0 saturated carbocycles. The minimum atomic E-state index is -0.835. The Balaban J connectivity index is 1.32. The maximum absolute atomic E-state index is 13.3. The van der Waals surface area contributed by atoms with Crippen molar-refractivity contribution in [3.05, 3.63) is 89.5 Å². The Morgan fingerprint density at radius 1 is 0.978 bits per heavy atom. The smallest absolute Gasteiger partial charge is 0.494 e. The second-order valence-electron chi connectivity index (χ2n) is 10.9. The molecule has 10 heteroatoms. The van der Waals surface area contributed by atoms with Crippen LogP contribution in [0.5, 0.6) is 11.6 Å². The third kappa shape index (κ3) is 7.71. The van der Waals surface area contributed by atoms with Crippen LogP contribution in [0.15, 0.2) is 77.8 Å². The SMILES string of the molecule is CCN(CC)CCOC1CCN(C(=O)c2ccc(N=C(c3ccccc3)c3c(O)[nH]c4cc(OC(=O)OC)ccc34)cc2)CC1.